The zero-order valence-electron chi connectivity index (χ0n) is 23.7. The van der Waals surface area contributed by atoms with E-state index in [1.807, 2.05) is 68.1 Å². The van der Waals surface area contributed by atoms with Gasteiger partial charge in [0.1, 0.15) is 12.4 Å². The van der Waals surface area contributed by atoms with Crippen LogP contribution in [0.2, 0.25) is 5.02 Å². The lowest BCUT2D eigenvalue weighted by Crippen LogP contribution is -2.17. The average molecular weight is 568 g/mol. The quantitative estimate of drug-likeness (QED) is 0.175. The summed E-state index contributed by atoms with van der Waals surface area (Å²) >= 11 is 8.03. The lowest BCUT2D eigenvalue weighted by atomic mass is 9.89. The van der Waals surface area contributed by atoms with Crippen molar-refractivity contribution in [2.75, 3.05) is 0 Å². The molecule has 0 saturated heterocycles. The van der Waals surface area contributed by atoms with E-state index in [4.69, 9.17) is 21.3 Å². The molecule has 0 N–H and O–H groups in total. The molecule has 0 bridgehead atoms. The van der Waals surface area contributed by atoms with Crippen LogP contribution in [0.15, 0.2) is 83.8 Å². The number of halogens is 1. The van der Waals surface area contributed by atoms with Gasteiger partial charge < -0.3 is 9.30 Å². The van der Waals surface area contributed by atoms with Crippen LogP contribution in [0.1, 0.15) is 51.6 Å². The highest BCUT2D eigenvalue weighted by Gasteiger charge is 2.28. The van der Waals surface area contributed by atoms with E-state index < -0.39 is 5.41 Å². The summed E-state index contributed by atoms with van der Waals surface area (Å²) < 4.78 is 8.63. The maximum Gasteiger partial charge on any atom is 0.130 e. The summed E-state index contributed by atoms with van der Waals surface area (Å²) in [5.74, 6) is 0.799. The predicted molar refractivity (Wildman–Crippen MR) is 167 cm³/mol. The van der Waals surface area contributed by atoms with Crippen LogP contribution in [0.3, 0.4) is 0 Å². The first-order valence-corrected chi connectivity index (χ1v) is 14.7. The van der Waals surface area contributed by atoms with Gasteiger partial charge >= 0.3 is 0 Å². The molecule has 0 aliphatic heterocycles. The van der Waals surface area contributed by atoms with Gasteiger partial charge in [-0.05, 0) is 61.9 Å². The van der Waals surface area contributed by atoms with Crippen LogP contribution in [0.4, 0.5) is 0 Å². The van der Waals surface area contributed by atoms with Gasteiger partial charge in [-0.3, -0.25) is 0 Å². The van der Waals surface area contributed by atoms with E-state index in [-0.39, 0.29) is 4.75 Å². The molecule has 0 atom stereocenters. The maximum absolute atomic E-state index is 9.95. The summed E-state index contributed by atoms with van der Waals surface area (Å²) in [6.07, 6.45) is 0.640. The zero-order valence-corrected chi connectivity index (χ0v) is 25.2. The number of thioether (sulfide) groups is 1. The fraction of sp³-hybridized carbons (Fsp3) is 0.294. The van der Waals surface area contributed by atoms with E-state index in [2.05, 4.69) is 67.8 Å². The van der Waals surface area contributed by atoms with Gasteiger partial charge in [0, 0.05) is 49.6 Å². The number of nitrogens with zero attached hydrogens (tertiary/aromatic N) is 3. The molecule has 5 rings (SSSR count). The highest BCUT2D eigenvalue weighted by molar-refractivity contribution is 8.00. The fourth-order valence-electron chi connectivity index (χ4n) is 4.80. The molecule has 2 aromatic heterocycles. The number of rotatable bonds is 8. The maximum atomic E-state index is 9.95. The smallest absolute Gasteiger partial charge is 0.130 e. The molecule has 0 amide bonds. The predicted octanol–water partition coefficient (Wildman–Crippen LogP) is 9.45. The standard InChI is InChI=1S/C34H34ClN3OS/c1-33(2,3)40-32-28-18-27(39-21-26-15-12-24-8-6-7-9-29(24)37-26)16-17-30(28)38(31(32)19-34(4,5)22-36)20-23-10-13-25(35)14-11-23/h6-18H,19-21H2,1-5H3. The van der Waals surface area contributed by atoms with Crippen LogP contribution in [-0.2, 0) is 19.6 Å². The van der Waals surface area contributed by atoms with Gasteiger partial charge in [0.15, 0.2) is 0 Å². The molecule has 3 aromatic carbocycles. The number of pyridine rings is 1. The van der Waals surface area contributed by atoms with E-state index >= 15 is 0 Å². The third kappa shape index (κ3) is 6.46. The number of benzene rings is 3. The normalized spacial score (nSPS) is 12.1. The molecule has 204 valence electrons. The van der Waals surface area contributed by atoms with Crippen LogP contribution >= 0.6 is 23.4 Å². The number of para-hydroxylation sites is 1. The third-order valence-electron chi connectivity index (χ3n) is 6.71. The van der Waals surface area contributed by atoms with Crippen molar-refractivity contribution in [1.29, 1.82) is 5.26 Å². The molecule has 2 heterocycles. The Labute approximate surface area is 245 Å². The summed E-state index contributed by atoms with van der Waals surface area (Å²) in [4.78, 5) is 5.97. The molecule has 0 spiro atoms. The van der Waals surface area contributed by atoms with Crippen molar-refractivity contribution in [3.05, 3.63) is 101 Å². The largest absolute Gasteiger partial charge is 0.487 e. The summed E-state index contributed by atoms with van der Waals surface area (Å²) in [6.45, 7) is 11.8. The van der Waals surface area contributed by atoms with Gasteiger partial charge in [0.05, 0.1) is 22.7 Å². The molecular formula is C34H34ClN3OS. The Hall–Kier alpha value is -3.46. The summed E-state index contributed by atoms with van der Waals surface area (Å²) in [5, 5.41) is 12.9. The number of fused-ring (bicyclic) bond motifs is 2. The zero-order chi connectivity index (χ0) is 28.5. The molecule has 0 aliphatic carbocycles. The van der Waals surface area contributed by atoms with Crippen molar-refractivity contribution in [2.24, 2.45) is 5.41 Å². The van der Waals surface area contributed by atoms with E-state index in [9.17, 15) is 5.26 Å². The highest BCUT2D eigenvalue weighted by atomic mass is 35.5. The second-order valence-electron chi connectivity index (χ2n) is 11.8. The van der Waals surface area contributed by atoms with E-state index in [0.717, 1.165) is 43.8 Å². The van der Waals surface area contributed by atoms with Crippen molar-refractivity contribution in [1.82, 2.24) is 9.55 Å². The highest BCUT2D eigenvalue weighted by Crippen LogP contribution is 2.44. The monoisotopic (exact) mass is 567 g/mol. The average Bonchev–Trinajstić information content (AvgIpc) is 3.18. The number of nitriles is 1. The van der Waals surface area contributed by atoms with Crippen molar-refractivity contribution < 1.29 is 4.74 Å². The first kappa shape index (κ1) is 28.1. The van der Waals surface area contributed by atoms with Crippen molar-refractivity contribution in [2.45, 2.75) is 63.8 Å². The van der Waals surface area contributed by atoms with Crippen LogP contribution in [0.25, 0.3) is 21.8 Å². The van der Waals surface area contributed by atoms with Gasteiger partial charge in [-0.15, -0.1) is 11.8 Å². The lowest BCUT2D eigenvalue weighted by molar-refractivity contribution is 0.302. The minimum atomic E-state index is -0.513. The Kier molecular flexibility index (Phi) is 7.86. The number of hydrogen-bond donors (Lipinski definition) is 0. The SMILES string of the molecule is CC(C)(C#N)Cc1c(SC(C)(C)C)c2cc(OCc3ccc4ccccc4n3)ccc2n1Cc1ccc(Cl)cc1. The molecule has 0 fully saturated rings. The van der Waals surface area contributed by atoms with Crippen LogP contribution in [0.5, 0.6) is 5.75 Å². The van der Waals surface area contributed by atoms with Crippen molar-refractivity contribution in [3.8, 4) is 11.8 Å². The Morgan fingerprint density at radius 1 is 0.950 bits per heavy atom. The Morgan fingerprint density at radius 3 is 2.42 bits per heavy atom. The van der Waals surface area contributed by atoms with Gasteiger partial charge in [-0.25, -0.2) is 4.98 Å². The van der Waals surface area contributed by atoms with Gasteiger partial charge in [0.25, 0.3) is 0 Å². The molecule has 0 unspecified atom stereocenters. The minimum Gasteiger partial charge on any atom is -0.487 e. The second-order valence-corrected chi connectivity index (χ2v) is 14.1. The van der Waals surface area contributed by atoms with Crippen LogP contribution in [-0.4, -0.2) is 14.3 Å². The molecular weight excluding hydrogens is 534 g/mol. The third-order valence-corrected chi connectivity index (χ3v) is 8.23. The Morgan fingerprint density at radius 2 is 1.70 bits per heavy atom. The molecule has 0 radical (unpaired) electrons. The van der Waals surface area contributed by atoms with Crippen LogP contribution in [0, 0.1) is 16.7 Å². The topological polar surface area (TPSA) is 50.8 Å². The number of hydrogen-bond acceptors (Lipinski definition) is 4. The molecule has 0 saturated carbocycles. The summed E-state index contributed by atoms with van der Waals surface area (Å²) in [7, 11) is 0. The number of aromatic nitrogens is 2. The summed E-state index contributed by atoms with van der Waals surface area (Å²) in [6, 6.07) is 29.0. The minimum absolute atomic E-state index is 0.0171. The number of ether oxygens (including phenoxy) is 1. The lowest BCUT2D eigenvalue weighted by Gasteiger charge is -2.22. The van der Waals surface area contributed by atoms with E-state index in [0.29, 0.717) is 19.6 Å². The molecule has 40 heavy (non-hydrogen) atoms. The molecule has 4 nitrogen and oxygen atoms in total. The molecule has 5 aromatic rings. The van der Waals surface area contributed by atoms with Gasteiger partial charge in [-0.1, -0.05) is 68.8 Å². The second kappa shape index (κ2) is 11.2. The molecule has 0 aliphatic rings. The Balaban J connectivity index is 1.57. The van der Waals surface area contributed by atoms with Crippen LogP contribution < -0.4 is 4.74 Å². The first-order valence-electron chi connectivity index (χ1n) is 13.5. The van der Waals surface area contributed by atoms with E-state index in [1.54, 1.807) is 0 Å². The fourth-order valence-corrected chi connectivity index (χ4v) is 6.11. The Bertz CT molecular complexity index is 1710. The van der Waals surface area contributed by atoms with Gasteiger partial charge in [-0.2, -0.15) is 5.26 Å². The van der Waals surface area contributed by atoms with Crippen molar-refractivity contribution in [3.63, 3.8) is 0 Å². The summed E-state index contributed by atoms with van der Waals surface area (Å²) in [5.41, 5.74) is 4.80. The van der Waals surface area contributed by atoms with E-state index in [1.165, 1.54) is 10.6 Å². The van der Waals surface area contributed by atoms with Gasteiger partial charge in [0.2, 0.25) is 0 Å². The first-order chi connectivity index (χ1) is 19.0. The molecule has 6 heteroatoms. The van der Waals surface area contributed by atoms with Crippen molar-refractivity contribution >= 4 is 45.2 Å².